The summed E-state index contributed by atoms with van der Waals surface area (Å²) in [5, 5.41) is 0. The van der Waals surface area contributed by atoms with Gasteiger partial charge in [-0.2, -0.15) is 0 Å². The molecular formula is C11H16N2. The number of hydrogen-bond donors (Lipinski definition) is 1. The SMILES string of the molecule is CC1=CC(C(N)=C2CC2)=CN(C)C1. The molecule has 0 saturated heterocycles. The molecule has 70 valence electrons. The van der Waals surface area contributed by atoms with Crippen LogP contribution < -0.4 is 5.73 Å². The van der Waals surface area contributed by atoms with Crippen molar-refractivity contribution in [2.24, 2.45) is 5.73 Å². The molecule has 1 aliphatic heterocycles. The lowest BCUT2D eigenvalue weighted by molar-refractivity contribution is 0.486. The van der Waals surface area contributed by atoms with E-state index >= 15 is 0 Å². The predicted molar refractivity (Wildman–Crippen MR) is 54.9 cm³/mol. The van der Waals surface area contributed by atoms with Gasteiger partial charge in [0.2, 0.25) is 0 Å². The number of rotatable bonds is 1. The molecule has 0 spiro atoms. The Labute approximate surface area is 79.4 Å². The van der Waals surface area contributed by atoms with E-state index in [-0.39, 0.29) is 0 Å². The summed E-state index contributed by atoms with van der Waals surface area (Å²) in [4.78, 5) is 2.18. The van der Waals surface area contributed by atoms with Gasteiger partial charge in [-0.3, -0.25) is 0 Å². The first-order chi connectivity index (χ1) is 6.16. The van der Waals surface area contributed by atoms with E-state index in [0.29, 0.717) is 0 Å². The number of nitrogens with two attached hydrogens (primary N) is 1. The van der Waals surface area contributed by atoms with Crippen LogP contribution in [-0.4, -0.2) is 18.5 Å². The minimum absolute atomic E-state index is 1.01. The highest BCUT2D eigenvalue weighted by molar-refractivity contribution is 5.46. The normalized spacial score (nSPS) is 21.1. The summed E-state index contributed by atoms with van der Waals surface area (Å²) in [7, 11) is 2.08. The second-order valence-corrected chi connectivity index (χ2v) is 4.01. The number of hydrogen-bond acceptors (Lipinski definition) is 2. The molecule has 2 nitrogen and oxygen atoms in total. The Morgan fingerprint density at radius 2 is 2.15 bits per heavy atom. The minimum atomic E-state index is 1.01. The van der Waals surface area contributed by atoms with Gasteiger partial charge in [-0.25, -0.2) is 0 Å². The van der Waals surface area contributed by atoms with Crippen molar-refractivity contribution in [1.82, 2.24) is 4.90 Å². The molecule has 2 N–H and O–H groups in total. The van der Waals surface area contributed by atoms with Crippen molar-refractivity contribution in [3.63, 3.8) is 0 Å². The lowest BCUT2D eigenvalue weighted by atomic mass is 10.1. The van der Waals surface area contributed by atoms with Gasteiger partial charge in [0.25, 0.3) is 0 Å². The number of nitrogens with zero attached hydrogens (tertiary/aromatic N) is 1. The van der Waals surface area contributed by atoms with Crippen LogP contribution in [0, 0.1) is 0 Å². The van der Waals surface area contributed by atoms with Crippen LogP contribution in [-0.2, 0) is 0 Å². The molecule has 0 aromatic rings. The molecule has 2 aliphatic rings. The van der Waals surface area contributed by atoms with E-state index in [0.717, 1.165) is 12.2 Å². The van der Waals surface area contributed by atoms with Gasteiger partial charge in [-0.15, -0.1) is 0 Å². The quantitative estimate of drug-likeness (QED) is 0.659. The smallest absolute Gasteiger partial charge is 0.0394 e. The van der Waals surface area contributed by atoms with Crippen LogP contribution in [0.4, 0.5) is 0 Å². The van der Waals surface area contributed by atoms with Crippen molar-refractivity contribution in [2.45, 2.75) is 19.8 Å². The largest absolute Gasteiger partial charge is 0.398 e. The third-order valence-corrected chi connectivity index (χ3v) is 2.45. The van der Waals surface area contributed by atoms with Crippen LogP contribution in [0.2, 0.25) is 0 Å². The Hall–Kier alpha value is -1.18. The van der Waals surface area contributed by atoms with E-state index in [9.17, 15) is 0 Å². The minimum Gasteiger partial charge on any atom is -0.398 e. The van der Waals surface area contributed by atoms with E-state index in [1.807, 2.05) is 0 Å². The summed E-state index contributed by atoms with van der Waals surface area (Å²) in [5.41, 5.74) is 11.0. The van der Waals surface area contributed by atoms with E-state index in [1.54, 1.807) is 0 Å². The second-order valence-electron chi connectivity index (χ2n) is 4.01. The third kappa shape index (κ3) is 1.77. The van der Waals surface area contributed by atoms with Gasteiger partial charge >= 0.3 is 0 Å². The Morgan fingerprint density at radius 3 is 2.69 bits per heavy atom. The summed E-state index contributed by atoms with van der Waals surface area (Å²) in [6.07, 6.45) is 6.72. The van der Waals surface area contributed by atoms with Gasteiger partial charge in [0.05, 0.1) is 0 Å². The Kier molecular flexibility index (Phi) is 1.91. The fourth-order valence-corrected chi connectivity index (χ4v) is 1.71. The van der Waals surface area contributed by atoms with Gasteiger partial charge in [0.15, 0.2) is 0 Å². The van der Waals surface area contributed by atoms with Crippen molar-refractivity contribution in [1.29, 1.82) is 0 Å². The molecule has 0 radical (unpaired) electrons. The van der Waals surface area contributed by atoms with E-state index in [2.05, 4.69) is 31.1 Å². The maximum Gasteiger partial charge on any atom is 0.0394 e. The zero-order chi connectivity index (χ0) is 9.42. The van der Waals surface area contributed by atoms with Crippen molar-refractivity contribution in [2.75, 3.05) is 13.6 Å². The molecule has 2 heteroatoms. The molecule has 0 atom stereocenters. The zero-order valence-corrected chi connectivity index (χ0v) is 8.30. The first-order valence-electron chi connectivity index (χ1n) is 4.74. The molecule has 0 aromatic heterocycles. The van der Waals surface area contributed by atoms with E-state index in [4.69, 9.17) is 5.73 Å². The molecule has 0 aromatic carbocycles. The molecule has 0 unspecified atom stereocenters. The van der Waals surface area contributed by atoms with Gasteiger partial charge in [-0.1, -0.05) is 11.6 Å². The fraction of sp³-hybridized carbons (Fsp3) is 0.455. The average molecular weight is 176 g/mol. The van der Waals surface area contributed by atoms with Crippen LogP contribution in [0.15, 0.2) is 34.7 Å². The number of allylic oxidation sites excluding steroid dienone is 2. The Morgan fingerprint density at radius 1 is 1.46 bits per heavy atom. The van der Waals surface area contributed by atoms with Crippen molar-refractivity contribution in [3.8, 4) is 0 Å². The van der Waals surface area contributed by atoms with Crippen LogP contribution >= 0.6 is 0 Å². The van der Waals surface area contributed by atoms with Gasteiger partial charge in [-0.05, 0) is 25.3 Å². The maximum absolute atomic E-state index is 6.02. The molecule has 1 aliphatic carbocycles. The van der Waals surface area contributed by atoms with Gasteiger partial charge < -0.3 is 10.6 Å². The highest BCUT2D eigenvalue weighted by Gasteiger charge is 2.18. The highest BCUT2D eigenvalue weighted by atomic mass is 15.1. The van der Waals surface area contributed by atoms with E-state index < -0.39 is 0 Å². The van der Waals surface area contributed by atoms with Crippen LogP contribution in [0.3, 0.4) is 0 Å². The molecule has 1 fully saturated rings. The summed E-state index contributed by atoms with van der Waals surface area (Å²) in [6.45, 7) is 3.17. The highest BCUT2D eigenvalue weighted by Crippen LogP contribution is 2.33. The third-order valence-electron chi connectivity index (χ3n) is 2.45. The van der Waals surface area contributed by atoms with Gasteiger partial charge in [0.1, 0.15) is 0 Å². The topological polar surface area (TPSA) is 29.3 Å². The Balaban J connectivity index is 2.28. The number of likely N-dealkylation sites (N-methyl/N-ethyl adjacent to an activating group) is 1. The molecule has 0 amide bonds. The molecular weight excluding hydrogens is 160 g/mol. The molecule has 1 saturated carbocycles. The lowest BCUT2D eigenvalue weighted by Crippen LogP contribution is -2.19. The average Bonchev–Trinajstić information content (AvgIpc) is 2.83. The van der Waals surface area contributed by atoms with Crippen molar-refractivity contribution >= 4 is 0 Å². The first-order valence-corrected chi connectivity index (χ1v) is 4.74. The second kappa shape index (κ2) is 2.95. The molecule has 0 bridgehead atoms. The summed E-state index contributed by atoms with van der Waals surface area (Å²) < 4.78 is 0. The summed E-state index contributed by atoms with van der Waals surface area (Å²) in [6, 6.07) is 0. The predicted octanol–water partition coefficient (Wildman–Crippen LogP) is 1.77. The van der Waals surface area contributed by atoms with Crippen molar-refractivity contribution in [3.05, 3.63) is 34.7 Å². The molecule has 1 heterocycles. The first kappa shape index (κ1) is 8.42. The Bertz CT molecular complexity index is 315. The monoisotopic (exact) mass is 176 g/mol. The van der Waals surface area contributed by atoms with Crippen LogP contribution in [0.5, 0.6) is 0 Å². The molecule has 2 rings (SSSR count). The van der Waals surface area contributed by atoms with Gasteiger partial charge in [0, 0.05) is 31.1 Å². The zero-order valence-electron chi connectivity index (χ0n) is 8.30. The standard InChI is InChI=1S/C11H16N2/c1-8-5-10(7-13(2)6-8)11(12)9-3-4-9/h5,7H,3-4,6,12H2,1-2H3. The van der Waals surface area contributed by atoms with Crippen LogP contribution in [0.1, 0.15) is 19.8 Å². The maximum atomic E-state index is 6.02. The van der Waals surface area contributed by atoms with E-state index in [1.165, 1.54) is 29.6 Å². The summed E-state index contributed by atoms with van der Waals surface area (Å²) >= 11 is 0. The molecule has 13 heavy (non-hydrogen) atoms. The lowest BCUT2D eigenvalue weighted by Gasteiger charge is -2.21. The van der Waals surface area contributed by atoms with Crippen LogP contribution in [0.25, 0.3) is 0 Å². The fourth-order valence-electron chi connectivity index (χ4n) is 1.71. The summed E-state index contributed by atoms with van der Waals surface area (Å²) in [5.74, 6) is 0. The van der Waals surface area contributed by atoms with Crippen molar-refractivity contribution < 1.29 is 0 Å².